The highest BCUT2D eigenvalue weighted by Crippen LogP contribution is 2.41. The number of carboxylic acids is 1. The number of hydrogen-bond donors (Lipinski definition) is 2. The van der Waals surface area contributed by atoms with Crippen LogP contribution in [0.3, 0.4) is 0 Å². The van der Waals surface area contributed by atoms with Gasteiger partial charge in [0.1, 0.15) is 5.75 Å². The largest absolute Gasteiger partial charge is 0.494 e. The molecule has 4 nitrogen and oxygen atoms in total. The zero-order chi connectivity index (χ0) is 29.5. The number of aromatic carboxylic acids is 1. The summed E-state index contributed by atoms with van der Waals surface area (Å²) in [5.41, 5.74) is 0.835. The lowest BCUT2D eigenvalue weighted by Crippen LogP contribution is -2.42. The highest BCUT2D eigenvalue weighted by molar-refractivity contribution is 9.10. The van der Waals surface area contributed by atoms with Gasteiger partial charge in [0, 0.05) is 16.4 Å². The number of rotatable bonds is 12. The highest BCUT2D eigenvalue weighted by atomic mass is 79.9. The molecule has 2 N–H and O–H groups in total. The van der Waals surface area contributed by atoms with Gasteiger partial charge in [-0.3, -0.25) is 0 Å². The number of carboxylic acid groups (broad SMARTS) is 1. The second kappa shape index (κ2) is 13.6. The third-order valence-corrected chi connectivity index (χ3v) is 8.03. The topological polar surface area (TPSA) is 58.6 Å². The maximum Gasteiger partial charge on any atom is 0.417 e. The number of carbonyl (C=O) groups is 1. The SMILES string of the molecule is O=C(O)c1cc(OCCCNCC(Cc2cccc(C(F)(F)F)c2Cl)(c2ccccc2)c2ccccc2)ccc1Br. The summed E-state index contributed by atoms with van der Waals surface area (Å²) in [5.74, 6) is -0.601. The number of halogens is 5. The molecule has 0 amide bonds. The first kappa shape index (κ1) is 30.6. The lowest BCUT2D eigenvalue weighted by atomic mass is 9.70. The number of ether oxygens (including phenoxy) is 1. The van der Waals surface area contributed by atoms with E-state index in [9.17, 15) is 23.1 Å². The molecule has 0 atom stereocenters. The standard InChI is InChI=1S/C32H28BrClF3NO3/c33-28-16-15-25(19-26(28)30(39)40)41-18-8-17-38-21-31(23-10-3-1-4-11-23,24-12-5-2-6-13-24)20-22-9-7-14-27(29(22)34)32(35,36)37/h1-7,9-16,19,38H,8,17-18,20-21H2,(H,39,40). The predicted octanol–water partition coefficient (Wildman–Crippen LogP) is 8.41. The van der Waals surface area contributed by atoms with E-state index >= 15 is 0 Å². The Bertz CT molecular complexity index is 1430. The number of nitrogens with one attached hydrogen (secondary N) is 1. The molecule has 0 saturated carbocycles. The van der Waals surface area contributed by atoms with Gasteiger partial charge in [-0.25, -0.2) is 4.79 Å². The Labute approximate surface area is 250 Å². The molecule has 0 aromatic heterocycles. The highest BCUT2D eigenvalue weighted by Gasteiger charge is 2.38. The van der Waals surface area contributed by atoms with Crippen LogP contribution in [0.1, 0.15) is 39.0 Å². The first-order valence-electron chi connectivity index (χ1n) is 12.9. The molecular weight excluding hydrogens is 619 g/mol. The Kier molecular flexibility index (Phi) is 10.1. The van der Waals surface area contributed by atoms with E-state index in [0.717, 1.165) is 17.2 Å². The molecule has 0 fully saturated rings. The fourth-order valence-corrected chi connectivity index (χ4v) is 5.58. The van der Waals surface area contributed by atoms with Crippen LogP contribution in [0, 0.1) is 0 Å². The van der Waals surface area contributed by atoms with Gasteiger partial charge in [0.2, 0.25) is 0 Å². The molecule has 9 heteroatoms. The summed E-state index contributed by atoms with van der Waals surface area (Å²) in [5, 5.41) is 12.5. The van der Waals surface area contributed by atoms with Crippen molar-refractivity contribution in [3.8, 4) is 5.75 Å². The van der Waals surface area contributed by atoms with Gasteiger partial charge in [0.05, 0.1) is 22.8 Å². The maximum atomic E-state index is 13.7. The molecule has 4 aromatic carbocycles. The van der Waals surface area contributed by atoms with Crippen molar-refractivity contribution in [2.45, 2.75) is 24.4 Å². The number of benzene rings is 4. The van der Waals surface area contributed by atoms with Gasteiger partial charge in [0.15, 0.2) is 0 Å². The van der Waals surface area contributed by atoms with Crippen molar-refractivity contribution in [3.63, 3.8) is 0 Å². The van der Waals surface area contributed by atoms with Crippen LogP contribution in [0.5, 0.6) is 5.75 Å². The van der Waals surface area contributed by atoms with Gasteiger partial charge >= 0.3 is 12.1 Å². The van der Waals surface area contributed by atoms with E-state index in [1.807, 2.05) is 60.7 Å². The Morgan fingerprint density at radius 1 is 0.902 bits per heavy atom. The maximum absolute atomic E-state index is 13.7. The Morgan fingerprint density at radius 2 is 1.54 bits per heavy atom. The van der Waals surface area contributed by atoms with Crippen LogP contribution in [0.15, 0.2) is 102 Å². The van der Waals surface area contributed by atoms with Gasteiger partial charge in [-0.05, 0) is 76.3 Å². The average Bonchev–Trinajstić information content (AvgIpc) is 2.96. The minimum Gasteiger partial charge on any atom is -0.494 e. The van der Waals surface area contributed by atoms with E-state index in [4.69, 9.17) is 16.3 Å². The van der Waals surface area contributed by atoms with Crippen LogP contribution in [0.25, 0.3) is 0 Å². The fraction of sp³-hybridized carbons (Fsp3) is 0.219. The van der Waals surface area contributed by atoms with Crippen LogP contribution in [0.4, 0.5) is 13.2 Å². The normalized spacial score (nSPS) is 11.8. The number of alkyl halides is 3. The minimum absolute atomic E-state index is 0.115. The van der Waals surface area contributed by atoms with Crippen molar-refractivity contribution >= 4 is 33.5 Å². The molecule has 0 heterocycles. The molecule has 0 bridgehead atoms. The van der Waals surface area contributed by atoms with E-state index in [0.29, 0.717) is 41.9 Å². The van der Waals surface area contributed by atoms with Crippen LogP contribution in [-0.2, 0) is 18.0 Å². The summed E-state index contributed by atoms with van der Waals surface area (Å²) in [6.45, 7) is 1.33. The summed E-state index contributed by atoms with van der Waals surface area (Å²) in [7, 11) is 0. The van der Waals surface area contributed by atoms with Crippen molar-refractivity contribution in [1.29, 1.82) is 0 Å². The molecule has 4 rings (SSSR count). The summed E-state index contributed by atoms with van der Waals surface area (Å²) < 4.78 is 47.3. The van der Waals surface area contributed by atoms with Crippen LogP contribution in [0.2, 0.25) is 5.02 Å². The zero-order valence-corrected chi connectivity index (χ0v) is 24.3. The first-order chi connectivity index (χ1) is 19.6. The second-order valence-electron chi connectivity index (χ2n) is 9.59. The van der Waals surface area contributed by atoms with Gasteiger partial charge < -0.3 is 15.2 Å². The first-order valence-corrected chi connectivity index (χ1v) is 14.1. The Balaban J connectivity index is 1.56. The van der Waals surface area contributed by atoms with E-state index in [2.05, 4.69) is 21.2 Å². The van der Waals surface area contributed by atoms with E-state index in [-0.39, 0.29) is 17.0 Å². The molecule has 4 aromatic rings. The Morgan fingerprint density at radius 3 is 2.12 bits per heavy atom. The lowest BCUT2D eigenvalue weighted by Gasteiger charge is -2.36. The molecule has 41 heavy (non-hydrogen) atoms. The van der Waals surface area contributed by atoms with Crippen LogP contribution in [-0.4, -0.2) is 30.8 Å². The summed E-state index contributed by atoms with van der Waals surface area (Å²) in [4.78, 5) is 11.4. The third-order valence-electron chi connectivity index (χ3n) is 6.89. The van der Waals surface area contributed by atoms with Crippen molar-refractivity contribution in [1.82, 2.24) is 5.32 Å². The molecule has 214 valence electrons. The monoisotopic (exact) mass is 645 g/mol. The van der Waals surface area contributed by atoms with Crippen LogP contribution < -0.4 is 10.1 Å². The molecule has 0 aliphatic rings. The summed E-state index contributed by atoms with van der Waals surface area (Å²) in [6, 6.07) is 28.2. The zero-order valence-electron chi connectivity index (χ0n) is 21.9. The van der Waals surface area contributed by atoms with Gasteiger partial charge in [0.25, 0.3) is 0 Å². The molecule has 0 radical (unpaired) electrons. The van der Waals surface area contributed by atoms with Crippen molar-refractivity contribution in [2.75, 3.05) is 19.7 Å². The summed E-state index contributed by atoms with van der Waals surface area (Å²) in [6.07, 6.45) is -3.71. The molecule has 0 unspecified atom stereocenters. The van der Waals surface area contributed by atoms with Gasteiger partial charge in [-0.15, -0.1) is 0 Å². The second-order valence-corrected chi connectivity index (χ2v) is 10.8. The molecule has 0 saturated heterocycles. The van der Waals surface area contributed by atoms with Gasteiger partial charge in [-0.1, -0.05) is 84.4 Å². The number of hydrogen-bond acceptors (Lipinski definition) is 3. The van der Waals surface area contributed by atoms with Crippen LogP contribution >= 0.6 is 27.5 Å². The minimum atomic E-state index is -4.56. The lowest BCUT2D eigenvalue weighted by molar-refractivity contribution is -0.137. The molecule has 0 spiro atoms. The average molecular weight is 647 g/mol. The Hall–Kier alpha value is -3.33. The van der Waals surface area contributed by atoms with E-state index in [1.165, 1.54) is 12.1 Å². The molecule has 0 aliphatic heterocycles. The van der Waals surface area contributed by atoms with Crippen molar-refractivity contribution in [3.05, 3.63) is 134 Å². The van der Waals surface area contributed by atoms with E-state index in [1.54, 1.807) is 18.2 Å². The predicted molar refractivity (Wildman–Crippen MR) is 158 cm³/mol. The fourth-order valence-electron chi connectivity index (χ4n) is 4.86. The van der Waals surface area contributed by atoms with Crippen molar-refractivity contribution < 1.29 is 27.8 Å². The summed E-state index contributed by atoms with van der Waals surface area (Å²) >= 11 is 9.60. The smallest absolute Gasteiger partial charge is 0.417 e. The van der Waals surface area contributed by atoms with E-state index < -0.39 is 23.1 Å². The molecule has 0 aliphatic carbocycles. The van der Waals surface area contributed by atoms with Crippen molar-refractivity contribution in [2.24, 2.45) is 0 Å². The third kappa shape index (κ3) is 7.50. The quantitative estimate of drug-likeness (QED) is 0.152. The molecular formula is C32H28BrClF3NO3. The van der Waals surface area contributed by atoms with Gasteiger partial charge in [-0.2, -0.15) is 13.2 Å².